The van der Waals surface area contributed by atoms with E-state index in [1.807, 2.05) is 25.1 Å². The van der Waals surface area contributed by atoms with Gasteiger partial charge in [-0.05, 0) is 60.0 Å². The molecule has 1 fully saturated rings. The van der Waals surface area contributed by atoms with Crippen molar-refractivity contribution < 1.29 is 24.2 Å². The van der Waals surface area contributed by atoms with Gasteiger partial charge < -0.3 is 19.5 Å². The maximum absolute atomic E-state index is 13.3. The number of rotatable bonds is 5. The number of ketones is 1. The SMILES string of the molecule is COc1cccc(C2/C(=C(\O)c3ccc4c(c3)CC(C)O4)C(=O)C(=O)N2Cc2cccnc2)c1. The standard InChI is InChI=1S/C27H24N2O5/c1-16-11-20-12-19(8-9-22(20)34-16)25(30)23-24(18-6-3-7-21(13-18)33-2)29(27(32)26(23)31)15-17-5-4-10-28-14-17/h3-10,12-14,16,24,30H,11,15H2,1-2H3/b25-23+. The number of hydrogen-bond donors (Lipinski definition) is 1. The lowest BCUT2D eigenvalue weighted by Gasteiger charge is -2.25. The fraction of sp³-hybridized carbons (Fsp3) is 0.222. The lowest BCUT2D eigenvalue weighted by molar-refractivity contribution is -0.140. The molecule has 5 rings (SSSR count). The zero-order valence-electron chi connectivity index (χ0n) is 18.9. The average molecular weight is 456 g/mol. The molecule has 2 unspecified atom stereocenters. The molecule has 3 aromatic rings. The molecule has 0 bridgehead atoms. The third-order valence-electron chi connectivity index (χ3n) is 6.19. The van der Waals surface area contributed by atoms with Crippen LogP contribution in [0.2, 0.25) is 0 Å². The molecule has 2 aliphatic heterocycles. The van der Waals surface area contributed by atoms with Gasteiger partial charge in [-0.1, -0.05) is 18.2 Å². The topological polar surface area (TPSA) is 89.0 Å². The number of methoxy groups -OCH3 is 1. The molecule has 7 heteroatoms. The van der Waals surface area contributed by atoms with Crippen molar-refractivity contribution in [2.24, 2.45) is 0 Å². The first-order valence-electron chi connectivity index (χ1n) is 11.1. The number of carbonyl (C=O) groups excluding carboxylic acids is 2. The van der Waals surface area contributed by atoms with E-state index in [1.54, 1.807) is 55.9 Å². The van der Waals surface area contributed by atoms with Gasteiger partial charge in [0, 0.05) is 30.9 Å². The van der Waals surface area contributed by atoms with E-state index in [1.165, 1.54) is 4.90 Å². The van der Waals surface area contributed by atoms with Gasteiger partial charge in [0.1, 0.15) is 23.4 Å². The molecule has 172 valence electrons. The van der Waals surface area contributed by atoms with Crippen molar-refractivity contribution in [1.82, 2.24) is 9.88 Å². The minimum Gasteiger partial charge on any atom is -0.507 e. The van der Waals surface area contributed by atoms with Crippen LogP contribution in [0.25, 0.3) is 5.76 Å². The Morgan fingerprint density at radius 1 is 1.18 bits per heavy atom. The molecule has 0 saturated carbocycles. The van der Waals surface area contributed by atoms with Gasteiger partial charge in [-0.2, -0.15) is 0 Å². The van der Waals surface area contributed by atoms with Crippen LogP contribution in [0, 0.1) is 0 Å². The quantitative estimate of drug-likeness (QED) is 0.354. The normalized spacial score (nSPS) is 20.8. The Kier molecular flexibility index (Phi) is 5.53. The molecule has 1 amide bonds. The van der Waals surface area contributed by atoms with Crippen LogP contribution in [-0.4, -0.2) is 39.9 Å². The van der Waals surface area contributed by atoms with E-state index in [2.05, 4.69) is 4.98 Å². The number of aliphatic hydroxyl groups is 1. The van der Waals surface area contributed by atoms with Gasteiger partial charge in [-0.25, -0.2) is 0 Å². The number of pyridine rings is 1. The number of fused-ring (bicyclic) bond motifs is 1. The molecule has 1 N–H and O–H groups in total. The van der Waals surface area contributed by atoms with E-state index in [9.17, 15) is 14.7 Å². The van der Waals surface area contributed by atoms with Crippen LogP contribution in [0.5, 0.6) is 11.5 Å². The first kappa shape index (κ1) is 21.7. The second-order valence-electron chi connectivity index (χ2n) is 8.52. The summed E-state index contributed by atoms with van der Waals surface area (Å²) in [4.78, 5) is 32.0. The highest BCUT2D eigenvalue weighted by molar-refractivity contribution is 6.46. The minimum atomic E-state index is -0.779. The number of nitrogens with zero attached hydrogens (tertiary/aromatic N) is 2. The highest BCUT2D eigenvalue weighted by Gasteiger charge is 2.46. The summed E-state index contributed by atoms with van der Waals surface area (Å²) in [5.74, 6) is -0.239. The smallest absolute Gasteiger partial charge is 0.295 e. The Morgan fingerprint density at radius 2 is 2.03 bits per heavy atom. The second kappa shape index (κ2) is 8.67. The summed E-state index contributed by atoms with van der Waals surface area (Å²) in [6.45, 7) is 2.15. The molecule has 0 aliphatic carbocycles. The molecule has 0 radical (unpaired) electrons. The molecular weight excluding hydrogens is 432 g/mol. The van der Waals surface area contributed by atoms with Crippen molar-refractivity contribution in [3.05, 3.63) is 94.8 Å². The second-order valence-corrected chi connectivity index (χ2v) is 8.52. The van der Waals surface area contributed by atoms with E-state index in [0.717, 1.165) is 16.9 Å². The highest BCUT2D eigenvalue weighted by atomic mass is 16.5. The van der Waals surface area contributed by atoms with Crippen molar-refractivity contribution >= 4 is 17.4 Å². The molecule has 1 aromatic heterocycles. The number of ether oxygens (including phenoxy) is 2. The van der Waals surface area contributed by atoms with Crippen LogP contribution in [0.4, 0.5) is 0 Å². The largest absolute Gasteiger partial charge is 0.507 e. The first-order chi connectivity index (χ1) is 16.5. The number of likely N-dealkylation sites (tertiary alicyclic amines) is 1. The summed E-state index contributed by atoms with van der Waals surface area (Å²) < 4.78 is 11.1. The molecule has 2 aromatic carbocycles. The molecule has 1 saturated heterocycles. The highest BCUT2D eigenvalue weighted by Crippen LogP contribution is 2.42. The molecule has 2 atom stereocenters. The van der Waals surface area contributed by atoms with Gasteiger partial charge in [0.25, 0.3) is 11.7 Å². The van der Waals surface area contributed by atoms with Gasteiger partial charge in [0.15, 0.2) is 0 Å². The number of aliphatic hydroxyl groups excluding tert-OH is 1. The number of Topliss-reactive ketones (excluding diaryl/α,β-unsaturated/α-hetero) is 1. The molecule has 34 heavy (non-hydrogen) atoms. The fourth-order valence-electron chi connectivity index (χ4n) is 4.61. The van der Waals surface area contributed by atoms with Crippen LogP contribution in [-0.2, 0) is 22.6 Å². The third kappa shape index (κ3) is 3.79. The summed E-state index contributed by atoms with van der Waals surface area (Å²) in [5, 5.41) is 11.3. The number of carbonyl (C=O) groups is 2. The predicted octanol–water partition coefficient (Wildman–Crippen LogP) is 4.04. The predicted molar refractivity (Wildman–Crippen MR) is 125 cm³/mol. The average Bonchev–Trinajstić information content (AvgIpc) is 3.35. The van der Waals surface area contributed by atoms with Gasteiger partial charge in [0.2, 0.25) is 0 Å². The summed E-state index contributed by atoms with van der Waals surface area (Å²) in [6, 6.07) is 15.4. The van der Waals surface area contributed by atoms with Crippen molar-refractivity contribution in [2.45, 2.75) is 32.0 Å². The Morgan fingerprint density at radius 3 is 2.79 bits per heavy atom. The lowest BCUT2D eigenvalue weighted by atomic mass is 9.94. The summed E-state index contributed by atoms with van der Waals surface area (Å²) in [6.07, 6.45) is 4.07. The van der Waals surface area contributed by atoms with Gasteiger partial charge >= 0.3 is 0 Å². The van der Waals surface area contributed by atoms with Gasteiger partial charge in [-0.3, -0.25) is 14.6 Å². The fourth-order valence-corrected chi connectivity index (χ4v) is 4.61. The van der Waals surface area contributed by atoms with Crippen molar-refractivity contribution in [1.29, 1.82) is 0 Å². The van der Waals surface area contributed by atoms with Gasteiger partial charge in [0.05, 0.1) is 18.7 Å². The number of amides is 1. The summed E-state index contributed by atoms with van der Waals surface area (Å²) in [7, 11) is 1.55. The summed E-state index contributed by atoms with van der Waals surface area (Å²) >= 11 is 0. The Bertz CT molecular complexity index is 1300. The maximum Gasteiger partial charge on any atom is 0.295 e. The Hall–Kier alpha value is -4.13. The Balaban J connectivity index is 1.64. The van der Waals surface area contributed by atoms with Gasteiger partial charge in [-0.15, -0.1) is 0 Å². The number of aromatic nitrogens is 1. The minimum absolute atomic E-state index is 0.0501. The van der Waals surface area contributed by atoms with E-state index in [4.69, 9.17) is 9.47 Å². The molecule has 7 nitrogen and oxygen atoms in total. The monoisotopic (exact) mass is 456 g/mol. The van der Waals surface area contributed by atoms with E-state index >= 15 is 0 Å². The number of benzene rings is 2. The number of hydrogen-bond acceptors (Lipinski definition) is 6. The van der Waals surface area contributed by atoms with Crippen LogP contribution in [0.1, 0.15) is 35.2 Å². The van der Waals surface area contributed by atoms with Crippen LogP contribution >= 0.6 is 0 Å². The zero-order valence-corrected chi connectivity index (χ0v) is 18.9. The zero-order chi connectivity index (χ0) is 23.8. The van der Waals surface area contributed by atoms with Crippen LogP contribution in [0.15, 0.2) is 72.6 Å². The van der Waals surface area contributed by atoms with E-state index in [0.29, 0.717) is 23.3 Å². The van der Waals surface area contributed by atoms with Crippen molar-refractivity contribution in [3.63, 3.8) is 0 Å². The Labute approximate surface area is 197 Å². The molecule has 0 spiro atoms. The lowest BCUT2D eigenvalue weighted by Crippen LogP contribution is -2.29. The van der Waals surface area contributed by atoms with Crippen LogP contribution in [0.3, 0.4) is 0 Å². The first-order valence-corrected chi connectivity index (χ1v) is 11.1. The van der Waals surface area contributed by atoms with E-state index in [-0.39, 0.29) is 24.0 Å². The molecule has 3 heterocycles. The van der Waals surface area contributed by atoms with E-state index < -0.39 is 17.7 Å². The van der Waals surface area contributed by atoms with Crippen LogP contribution < -0.4 is 9.47 Å². The molecule has 2 aliphatic rings. The maximum atomic E-state index is 13.3. The summed E-state index contributed by atoms with van der Waals surface area (Å²) in [5.41, 5.74) is 2.93. The third-order valence-corrected chi connectivity index (χ3v) is 6.19. The van der Waals surface area contributed by atoms with Crippen molar-refractivity contribution in [2.75, 3.05) is 7.11 Å². The molecular formula is C27H24N2O5. The van der Waals surface area contributed by atoms with Crippen molar-refractivity contribution in [3.8, 4) is 11.5 Å².